The van der Waals surface area contributed by atoms with Crippen LogP contribution in [0.4, 0.5) is 0 Å². The Morgan fingerprint density at radius 3 is 2.44 bits per heavy atom. The fraction of sp³-hybridized carbons (Fsp3) is 0.571. The van der Waals surface area contributed by atoms with E-state index in [1.807, 2.05) is 0 Å². The molecule has 0 aliphatic heterocycles. The first kappa shape index (κ1) is 13.2. The Morgan fingerprint density at radius 2 is 1.88 bits per heavy atom. The second kappa shape index (κ2) is 7.42. The van der Waals surface area contributed by atoms with E-state index < -0.39 is 0 Å². The van der Waals surface area contributed by atoms with Gasteiger partial charge in [0.05, 0.1) is 0 Å². The number of hydrogen-bond donors (Lipinski definition) is 1. The van der Waals surface area contributed by atoms with Crippen LogP contribution >= 0.6 is 0 Å². The molecule has 0 aliphatic rings. The molecular formula is C14H24N2. The van der Waals surface area contributed by atoms with Gasteiger partial charge in [-0.2, -0.15) is 0 Å². The minimum atomic E-state index is 0.553. The monoisotopic (exact) mass is 220 g/mol. The van der Waals surface area contributed by atoms with Gasteiger partial charge in [0.1, 0.15) is 0 Å². The molecule has 0 fully saturated rings. The van der Waals surface area contributed by atoms with E-state index in [0.717, 1.165) is 19.5 Å². The first-order valence-electron chi connectivity index (χ1n) is 6.14. The highest BCUT2D eigenvalue weighted by atomic mass is 15.1. The summed E-state index contributed by atoms with van der Waals surface area (Å²) < 4.78 is 0. The van der Waals surface area contributed by atoms with Gasteiger partial charge >= 0.3 is 0 Å². The molecule has 1 N–H and O–H groups in total. The van der Waals surface area contributed by atoms with Crippen LogP contribution in [0.1, 0.15) is 18.9 Å². The SMILES string of the molecule is CCCNC(Cc1ccccc1)CN(C)C. The van der Waals surface area contributed by atoms with Crippen molar-refractivity contribution in [2.45, 2.75) is 25.8 Å². The van der Waals surface area contributed by atoms with Crippen molar-refractivity contribution in [3.8, 4) is 0 Å². The minimum Gasteiger partial charge on any atom is -0.312 e. The van der Waals surface area contributed by atoms with E-state index >= 15 is 0 Å². The normalized spacial score (nSPS) is 13.0. The molecule has 1 atom stereocenters. The Bertz CT molecular complexity index is 269. The summed E-state index contributed by atoms with van der Waals surface area (Å²) in [6, 6.07) is 11.3. The highest BCUT2D eigenvalue weighted by Gasteiger charge is 2.09. The topological polar surface area (TPSA) is 15.3 Å². The maximum atomic E-state index is 3.61. The average molecular weight is 220 g/mol. The lowest BCUT2D eigenvalue weighted by Crippen LogP contribution is -2.40. The van der Waals surface area contributed by atoms with Crippen LogP contribution in [-0.2, 0) is 6.42 Å². The third kappa shape index (κ3) is 5.29. The number of benzene rings is 1. The van der Waals surface area contributed by atoms with Crippen LogP contribution in [0.3, 0.4) is 0 Å². The van der Waals surface area contributed by atoms with Crippen LogP contribution < -0.4 is 5.32 Å². The largest absolute Gasteiger partial charge is 0.312 e. The molecule has 1 aromatic rings. The molecule has 0 spiro atoms. The first-order valence-corrected chi connectivity index (χ1v) is 6.14. The Hall–Kier alpha value is -0.860. The molecule has 0 heterocycles. The lowest BCUT2D eigenvalue weighted by atomic mass is 10.1. The number of nitrogens with zero attached hydrogens (tertiary/aromatic N) is 1. The maximum absolute atomic E-state index is 3.61. The van der Waals surface area contributed by atoms with Crippen LogP contribution in [0.15, 0.2) is 30.3 Å². The van der Waals surface area contributed by atoms with Gasteiger partial charge in [-0.15, -0.1) is 0 Å². The third-order valence-corrected chi connectivity index (χ3v) is 2.59. The van der Waals surface area contributed by atoms with Gasteiger partial charge in [0, 0.05) is 12.6 Å². The van der Waals surface area contributed by atoms with E-state index in [-0.39, 0.29) is 0 Å². The van der Waals surface area contributed by atoms with Crippen LogP contribution in [0, 0.1) is 0 Å². The third-order valence-electron chi connectivity index (χ3n) is 2.59. The van der Waals surface area contributed by atoms with E-state index in [4.69, 9.17) is 0 Å². The average Bonchev–Trinajstić information content (AvgIpc) is 2.26. The van der Waals surface area contributed by atoms with Crippen molar-refractivity contribution in [1.82, 2.24) is 10.2 Å². The van der Waals surface area contributed by atoms with Gasteiger partial charge in [-0.3, -0.25) is 0 Å². The lowest BCUT2D eigenvalue weighted by molar-refractivity contribution is 0.336. The predicted molar refractivity (Wildman–Crippen MR) is 70.8 cm³/mol. The predicted octanol–water partition coefficient (Wildman–Crippen LogP) is 2.16. The van der Waals surface area contributed by atoms with Crippen molar-refractivity contribution in [3.63, 3.8) is 0 Å². The summed E-state index contributed by atoms with van der Waals surface area (Å²) in [6.07, 6.45) is 2.30. The van der Waals surface area contributed by atoms with E-state index in [1.165, 1.54) is 12.0 Å². The molecule has 0 saturated carbocycles. The molecule has 0 saturated heterocycles. The standard InChI is InChI=1S/C14H24N2/c1-4-10-15-14(12-16(2)3)11-13-8-6-5-7-9-13/h5-9,14-15H,4,10-12H2,1-3H3. The molecular weight excluding hydrogens is 196 g/mol. The summed E-state index contributed by atoms with van der Waals surface area (Å²) in [7, 11) is 4.26. The molecule has 2 heteroatoms. The van der Waals surface area contributed by atoms with Crippen LogP contribution in [0.2, 0.25) is 0 Å². The quantitative estimate of drug-likeness (QED) is 0.757. The summed E-state index contributed by atoms with van der Waals surface area (Å²) in [4.78, 5) is 2.25. The summed E-state index contributed by atoms with van der Waals surface area (Å²) in [5, 5.41) is 3.61. The van der Waals surface area contributed by atoms with Gasteiger partial charge in [0.25, 0.3) is 0 Å². The van der Waals surface area contributed by atoms with Crippen molar-refractivity contribution in [3.05, 3.63) is 35.9 Å². The van der Waals surface area contributed by atoms with Crippen LogP contribution in [0.25, 0.3) is 0 Å². The Labute approximate surface area is 99.7 Å². The molecule has 1 unspecified atom stereocenters. The molecule has 0 aliphatic carbocycles. The zero-order valence-electron chi connectivity index (χ0n) is 10.7. The highest BCUT2D eigenvalue weighted by molar-refractivity contribution is 5.16. The van der Waals surface area contributed by atoms with Gasteiger partial charge in [0.2, 0.25) is 0 Å². The van der Waals surface area contributed by atoms with Gasteiger partial charge in [-0.05, 0) is 39.0 Å². The fourth-order valence-corrected chi connectivity index (χ4v) is 1.89. The molecule has 2 nitrogen and oxygen atoms in total. The molecule has 90 valence electrons. The van der Waals surface area contributed by atoms with Crippen molar-refractivity contribution in [1.29, 1.82) is 0 Å². The molecule has 0 amide bonds. The fourth-order valence-electron chi connectivity index (χ4n) is 1.89. The second-order valence-corrected chi connectivity index (χ2v) is 4.60. The zero-order chi connectivity index (χ0) is 11.8. The Kier molecular flexibility index (Phi) is 6.12. The Balaban J connectivity index is 2.49. The van der Waals surface area contributed by atoms with Gasteiger partial charge in [-0.1, -0.05) is 37.3 Å². The van der Waals surface area contributed by atoms with Crippen molar-refractivity contribution >= 4 is 0 Å². The smallest absolute Gasteiger partial charge is 0.0235 e. The van der Waals surface area contributed by atoms with Crippen molar-refractivity contribution in [2.75, 3.05) is 27.2 Å². The van der Waals surface area contributed by atoms with E-state index in [2.05, 4.69) is 61.6 Å². The summed E-state index contributed by atoms with van der Waals surface area (Å²) in [5.74, 6) is 0. The number of hydrogen-bond acceptors (Lipinski definition) is 2. The molecule has 0 aromatic heterocycles. The molecule has 1 aromatic carbocycles. The van der Waals surface area contributed by atoms with Gasteiger partial charge in [-0.25, -0.2) is 0 Å². The number of likely N-dealkylation sites (N-methyl/N-ethyl adjacent to an activating group) is 1. The Morgan fingerprint density at radius 1 is 1.19 bits per heavy atom. The number of nitrogens with one attached hydrogen (secondary N) is 1. The zero-order valence-corrected chi connectivity index (χ0v) is 10.7. The van der Waals surface area contributed by atoms with Crippen LogP contribution in [-0.4, -0.2) is 38.1 Å². The highest BCUT2D eigenvalue weighted by Crippen LogP contribution is 2.04. The molecule has 1 rings (SSSR count). The van der Waals surface area contributed by atoms with Crippen LogP contribution in [0.5, 0.6) is 0 Å². The van der Waals surface area contributed by atoms with Gasteiger partial charge in [0.15, 0.2) is 0 Å². The van der Waals surface area contributed by atoms with E-state index in [1.54, 1.807) is 0 Å². The van der Waals surface area contributed by atoms with Crippen molar-refractivity contribution < 1.29 is 0 Å². The maximum Gasteiger partial charge on any atom is 0.0235 e. The second-order valence-electron chi connectivity index (χ2n) is 4.60. The lowest BCUT2D eigenvalue weighted by Gasteiger charge is -2.22. The molecule has 0 bridgehead atoms. The molecule has 16 heavy (non-hydrogen) atoms. The van der Waals surface area contributed by atoms with E-state index in [0.29, 0.717) is 6.04 Å². The summed E-state index contributed by atoms with van der Waals surface area (Å²) >= 11 is 0. The summed E-state index contributed by atoms with van der Waals surface area (Å²) in [5.41, 5.74) is 1.41. The number of rotatable bonds is 7. The van der Waals surface area contributed by atoms with Gasteiger partial charge < -0.3 is 10.2 Å². The summed E-state index contributed by atoms with van der Waals surface area (Å²) in [6.45, 7) is 4.41. The van der Waals surface area contributed by atoms with E-state index in [9.17, 15) is 0 Å². The minimum absolute atomic E-state index is 0.553. The first-order chi connectivity index (χ1) is 7.72. The van der Waals surface area contributed by atoms with Crippen molar-refractivity contribution in [2.24, 2.45) is 0 Å². The molecule has 0 radical (unpaired) electrons.